The Labute approximate surface area is 95.2 Å². The number of hydrogen-bond acceptors (Lipinski definition) is 4. The lowest BCUT2D eigenvalue weighted by Crippen LogP contribution is -2.51. The Kier molecular flexibility index (Phi) is 3.60. The fraction of sp³-hybridized carbons (Fsp3) is 1.00. The molecule has 0 bridgehead atoms. The number of ether oxygens (including phenoxy) is 1. The highest BCUT2D eigenvalue weighted by atomic mass is 32.2. The second-order valence-corrected chi connectivity index (χ2v) is 5.84. The molecule has 15 heavy (non-hydrogen) atoms. The molecule has 0 saturated carbocycles. The largest absolute Gasteiger partial charge is 0.396 e. The standard InChI is InChI=1S/C11H20O3S/c12-8-10(4-7-15-9-10)11(13)2-1-5-14-6-3-11/h12-13H,1-9H2. The van der Waals surface area contributed by atoms with E-state index in [0.29, 0.717) is 13.0 Å². The van der Waals surface area contributed by atoms with Crippen molar-refractivity contribution in [2.45, 2.75) is 31.3 Å². The summed E-state index contributed by atoms with van der Waals surface area (Å²) in [4.78, 5) is 0. The molecule has 2 atom stereocenters. The van der Waals surface area contributed by atoms with Gasteiger partial charge < -0.3 is 14.9 Å². The zero-order valence-electron chi connectivity index (χ0n) is 9.07. The summed E-state index contributed by atoms with van der Waals surface area (Å²) in [6.45, 7) is 1.48. The Bertz CT molecular complexity index is 206. The molecule has 2 aliphatic heterocycles. The van der Waals surface area contributed by atoms with E-state index < -0.39 is 5.60 Å². The molecule has 0 radical (unpaired) electrons. The van der Waals surface area contributed by atoms with Gasteiger partial charge in [0.2, 0.25) is 0 Å². The minimum Gasteiger partial charge on any atom is -0.396 e. The SMILES string of the molecule is OCC1(C2(O)CCCOCC2)CCSC1. The second kappa shape index (κ2) is 4.62. The molecule has 0 spiro atoms. The second-order valence-electron chi connectivity index (χ2n) is 4.74. The Hall–Kier alpha value is 0.230. The van der Waals surface area contributed by atoms with Crippen LogP contribution in [0, 0.1) is 5.41 Å². The minimum atomic E-state index is -0.707. The van der Waals surface area contributed by atoms with Crippen LogP contribution in [0.2, 0.25) is 0 Å². The predicted molar refractivity (Wildman–Crippen MR) is 61.1 cm³/mol. The molecule has 0 amide bonds. The van der Waals surface area contributed by atoms with Crippen molar-refractivity contribution in [2.75, 3.05) is 31.3 Å². The first-order valence-electron chi connectivity index (χ1n) is 5.71. The van der Waals surface area contributed by atoms with Gasteiger partial charge in [0, 0.05) is 30.8 Å². The first kappa shape index (κ1) is 11.7. The maximum absolute atomic E-state index is 10.7. The average Bonchev–Trinajstić information content (AvgIpc) is 2.64. The van der Waals surface area contributed by atoms with Crippen LogP contribution in [0.3, 0.4) is 0 Å². The number of aliphatic hydroxyl groups is 2. The van der Waals surface area contributed by atoms with E-state index in [1.54, 1.807) is 0 Å². The van der Waals surface area contributed by atoms with Crippen LogP contribution >= 0.6 is 11.8 Å². The van der Waals surface area contributed by atoms with Crippen molar-refractivity contribution in [3.8, 4) is 0 Å². The van der Waals surface area contributed by atoms with Crippen LogP contribution in [0.4, 0.5) is 0 Å². The lowest BCUT2D eigenvalue weighted by molar-refractivity contribution is -0.107. The molecular formula is C11H20O3S. The Morgan fingerprint density at radius 3 is 2.73 bits per heavy atom. The molecule has 0 aromatic heterocycles. The Morgan fingerprint density at radius 1 is 1.20 bits per heavy atom. The van der Waals surface area contributed by atoms with Gasteiger partial charge in [-0.1, -0.05) is 0 Å². The van der Waals surface area contributed by atoms with Gasteiger partial charge in [0.05, 0.1) is 12.2 Å². The first-order chi connectivity index (χ1) is 7.22. The van der Waals surface area contributed by atoms with Crippen molar-refractivity contribution < 1.29 is 14.9 Å². The van der Waals surface area contributed by atoms with Crippen LogP contribution in [0.5, 0.6) is 0 Å². The van der Waals surface area contributed by atoms with Crippen molar-refractivity contribution in [1.82, 2.24) is 0 Å². The van der Waals surface area contributed by atoms with Gasteiger partial charge in [0.25, 0.3) is 0 Å². The third-order valence-corrected chi connectivity index (χ3v) is 5.18. The third-order valence-electron chi connectivity index (χ3n) is 3.93. The van der Waals surface area contributed by atoms with E-state index in [4.69, 9.17) is 4.74 Å². The van der Waals surface area contributed by atoms with E-state index >= 15 is 0 Å². The van der Waals surface area contributed by atoms with E-state index in [-0.39, 0.29) is 12.0 Å². The maximum Gasteiger partial charge on any atom is 0.0756 e. The van der Waals surface area contributed by atoms with Crippen molar-refractivity contribution >= 4 is 11.8 Å². The van der Waals surface area contributed by atoms with Crippen LogP contribution < -0.4 is 0 Å². The highest BCUT2D eigenvalue weighted by Gasteiger charge is 2.51. The average molecular weight is 232 g/mol. The Balaban J connectivity index is 2.16. The molecule has 2 N–H and O–H groups in total. The van der Waals surface area contributed by atoms with Gasteiger partial charge in [-0.05, 0) is 25.0 Å². The quantitative estimate of drug-likeness (QED) is 0.747. The third kappa shape index (κ3) is 2.05. The fourth-order valence-corrected chi connectivity index (χ4v) is 4.29. The minimum absolute atomic E-state index is 0.108. The topological polar surface area (TPSA) is 49.7 Å². The summed E-state index contributed by atoms with van der Waals surface area (Å²) in [5, 5.41) is 20.4. The smallest absolute Gasteiger partial charge is 0.0756 e. The molecule has 2 aliphatic rings. The molecule has 2 rings (SSSR count). The van der Waals surface area contributed by atoms with Crippen LogP contribution in [0.1, 0.15) is 25.7 Å². The van der Waals surface area contributed by atoms with Crippen LogP contribution in [-0.2, 0) is 4.74 Å². The molecule has 2 saturated heterocycles. The van der Waals surface area contributed by atoms with Crippen LogP contribution in [-0.4, -0.2) is 47.1 Å². The van der Waals surface area contributed by atoms with Crippen molar-refractivity contribution in [3.05, 3.63) is 0 Å². The number of hydrogen-bond donors (Lipinski definition) is 2. The van der Waals surface area contributed by atoms with Gasteiger partial charge in [-0.15, -0.1) is 0 Å². The van der Waals surface area contributed by atoms with Crippen molar-refractivity contribution in [1.29, 1.82) is 0 Å². The van der Waals surface area contributed by atoms with Crippen LogP contribution in [0.15, 0.2) is 0 Å². The van der Waals surface area contributed by atoms with Gasteiger partial charge in [0.1, 0.15) is 0 Å². The first-order valence-corrected chi connectivity index (χ1v) is 6.87. The molecule has 2 heterocycles. The summed E-state index contributed by atoms with van der Waals surface area (Å²) in [6.07, 6.45) is 3.29. The van der Waals surface area contributed by atoms with E-state index in [1.165, 1.54) is 0 Å². The molecule has 2 unspecified atom stereocenters. The monoisotopic (exact) mass is 232 g/mol. The van der Waals surface area contributed by atoms with Gasteiger partial charge in [-0.3, -0.25) is 0 Å². The predicted octanol–water partition coefficient (Wildman–Crippen LogP) is 1.03. The van der Waals surface area contributed by atoms with Gasteiger partial charge in [-0.25, -0.2) is 0 Å². The highest BCUT2D eigenvalue weighted by Crippen LogP contribution is 2.48. The molecule has 0 aromatic carbocycles. The van der Waals surface area contributed by atoms with Gasteiger partial charge in [-0.2, -0.15) is 11.8 Å². The summed E-state index contributed by atoms with van der Waals surface area (Å²) >= 11 is 1.84. The summed E-state index contributed by atoms with van der Waals surface area (Å²) in [7, 11) is 0. The van der Waals surface area contributed by atoms with E-state index in [0.717, 1.165) is 37.4 Å². The van der Waals surface area contributed by atoms with Crippen molar-refractivity contribution in [3.63, 3.8) is 0 Å². The lowest BCUT2D eigenvalue weighted by Gasteiger charge is -2.43. The fourth-order valence-electron chi connectivity index (χ4n) is 2.71. The number of rotatable bonds is 2. The van der Waals surface area contributed by atoms with Gasteiger partial charge >= 0.3 is 0 Å². The van der Waals surface area contributed by atoms with E-state index in [2.05, 4.69) is 0 Å². The molecule has 4 heteroatoms. The molecule has 0 aliphatic carbocycles. The summed E-state index contributed by atoms with van der Waals surface area (Å²) in [6, 6.07) is 0. The normalized spacial score (nSPS) is 42.8. The molecule has 2 fully saturated rings. The molecule has 0 aromatic rings. The summed E-state index contributed by atoms with van der Waals surface area (Å²) in [5.74, 6) is 1.95. The maximum atomic E-state index is 10.7. The van der Waals surface area contributed by atoms with Crippen molar-refractivity contribution in [2.24, 2.45) is 5.41 Å². The zero-order chi connectivity index (χ0) is 10.8. The number of aliphatic hydroxyl groups excluding tert-OH is 1. The zero-order valence-corrected chi connectivity index (χ0v) is 9.89. The van der Waals surface area contributed by atoms with Gasteiger partial charge in [0.15, 0.2) is 0 Å². The summed E-state index contributed by atoms with van der Waals surface area (Å²) in [5.41, 5.74) is -0.979. The van der Waals surface area contributed by atoms with E-state index in [9.17, 15) is 10.2 Å². The van der Waals surface area contributed by atoms with Crippen LogP contribution in [0.25, 0.3) is 0 Å². The lowest BCUT2D eigenvalue weighted by atomic mass is 9.68. The van der Waals surface area contributed by atoms with E-state index in [1.807, 2.05) is 11.8 Å². The molecule has 88 valence electrons. The highest BCUT2D eigenvalue weighted by molar-refractivity contribution is 7.99. The summed E-state index contributed by atoms with van der Waals surface area (Å²) < 4.78 is 5.39. The molecule has 3 nitrogen and oxygen atoms in total. The molecular weight excluding hydrogens is 212 g/mol. The number of thioether (sulfide) groups is 1. The Morgan fingerprint density at radius 2 is 2.07 bits per heavy atom.